The van der Waals surface area contributed by atoms with Gasteiger partial charge in [-0.3, -0.25) is 9.52 Å². The first-order valence-electron chi connectivity index (χ1n) is 8.77. The zero-order valence-corrected chi connectivity index (χ0v) is 17.6. The summed E-state index contributed by atoms with van der Waals surface area (Å²) in [6, 6.07) is 8.85. The minimum Gasteiger partial charge on any atom is -0.496 e. The molecule has 2 aromatic carbocycles. The van der Waals surface area contributed by atoms with Crippen LogP contribution in [-0.2, 0) is 10.0 Å². The van der Waals surface area contributed by atoms with E-state index in [2.05, 4.69) is 4.72 Å². The largest absolute Gasteiger partial charge is 0.496 e. The average molecular weight is 443 g/mol. The predicted octanol–water partition coefficient (Wildman–Crippen LogP) is 4.43. The third-order valence-electron chi connectivity index (χ3n) is 4.55. The van der Waals surface area contributed by atoms with Crippen molar-refractivity contribution in [3.63, 3.8) is 0 Å². The van der Waals surface area contributed by atoms with Crippen LogP contribution in [0.5, 0.6) is 5.75 Å². The van der Waals surface area contributed by atoms with Gasteiger partial charge >= 0.3 is 0 Å². The number of sulfonamides is 1. The first-order valence-corrected chi connectivity index (χ1v) is 11.0. The second kappa shape index (κ2) is 8.59. The van der Waals surface area contributed by atoms with Crippen LogP contribution >= 0.6 is 23.2 Å². The smallest absolute Gasteiger partial charge is 0.262 e. The maximum absolute atomic E-state index is 12.9. The van der Waals surface area contributed by atoms with Crippen LogP contribution in [0.25, 0.3) is 0 Å². The Morgan fingerprint density at radius 1 is 1.07 bits per heavy atom. The van der Waals surface area contributed by atoms with E-state index in [1.807, 2.05) is 0 Å². The summed E-state index contributed by atoms with van der Waals surface area (Å²) >= 11 is 12.1. The number of nitrogens with one attached hydrogen (secondary N) is 1. The maximum atomic E-state index is 12.9. The quantitative estimate of drug-likeness (QED) is 0.742. The molecule has 0 atom stereocenters. The molecule has 150 valence electrons. The van der Waals surface area contributed by atoms with Gasteiger partial charge in [0, 0.05) is 13.1 Å². The summed E-state index contributed by atoms with van der Waals surface area (Å²) in [5.74, 6) is 0.0784. The lowest BCUT2D eigenvalue weighted by Gasteiger charge is -2.27. The summed E-state index contributed by atoms with van der Waals surface area (Å²) in [4.78, 5) is 14.6. The molecule has 0 saturated carbocycles. The van der Waals surface area contributed by atoms with Gasteiger partial charge in [-0.05, 0) is 49.6 Å². The van der Waals surface area contributed by atoms with E-state index in [4.69, 9.17) is 27.9 Å². The van der Waals surface area contributed by atoms with E-state index < -0.39 is 10.0 Å². The predicted molar refractivity (Wildman–Crippen MR) is 110 cm³/mol. The summed E-state index contributed by atoms with van der Waals surface area (Å²) in [7, 11) is -2.57. The van der Waals surface area contributed by atoms with Crippen LogP contribution in [0.4, 0.5) is 5.69 Å². The molecule has 3 rings (SSSR count). The highest BCUT2D eigenvalue weighted by atomic mass is 35.5. The van der Waals surface area contributed by atoms with Crippen molar-refractivity contribution in [2.24, 2.45) is 0 Å². The Kier molecular flexibility index (Phi) is 6.37. The van der Waals surface area contributed by atoms with Crippen molar-refractivity contribution in [3.8, 4) is 5.75 Å². The summed E-state index contributed by atoms with van der Waals surface area (Å²) < 4.78 is 33.4. The second-order valence-electron chi connectivity index (χ2n) is 6.42. The van der Waals surface area contributed by atoms with Gasteiger partial charge in [-0.15, -0.1) is 0 Å². The molecular weight excluding hydrogens is 423 g/mol. The molecule has 28 heavy (non-hydrogen) atoms. The van der Waals surface area contributed by atoms with Crippen molar-refractivity contribution >= 4 is 44.8 Å². The topological polar surface area (TPSA) is 75.7 Å². The number of halogens is 2. The molecule has 1 aliphatic rings. The number of ether oxygens (including phenoxy) is 1. The van der Waals surface area contributed by atoms with Gasteiger partial charge in [0.15, 0.2) is 0 Å². The summed E-state index contributed by atoms with van der Waals surface area (Å²) in [6.07, 6.45) is 2.94. The standard InChI is InChI=1S/C19H20Cl2N2O4S/c1-27-17-9-8-13(12-14(17)19(24)23-10-3-2-4-11-23)28(25,26)22-18-15(20)6-5-7-16(18)21/h5-9,12,22H,2-4,10-11H2,1H3. The zero-order chi connectivity index (χ0) is 20.3. The Labute approximate surface area is 174 Å². The minimum atomic E-state index is -4.02. The molecule has 1 heterocycles. The summed E-state index contributed by atoms with van der Waals surface area (Å²) in [5, 5.41) is 0.350. The highest BCUT2D eigenvalue weighted by molar-refractivity contribution is 7.92. The summed E-state index contributed by atoms with van der Waals surface area (Å²) in [6.45, 7) is 1.29. The first-order chi connectivity index (χ1) is 13.3. The number of carbonyl (C=O) groups excluding carboxylic acids is 1. The van der Waals surface area contributed by atoms with Crippen molar-refractivity contribution in [2.45, 2.75) is 24.2 Å². The number of nitrogens with zero attached hydrogens (tertiary/aromatic N) is 1. The van der Waals surface area contributed by atoms with Crippen LogP contribution in [0.1, 0.15) is 29.6 Å². The number of likely N-dealkylation sites (tertiary alicyclic amines) is 1. The molecular formula is C19H20Cl2N2O4S. The molecule has 1 saturated heterocycles. The highest BCUT2D eigenvalue weighted by Gasteiger charge is 2.25. The lowest BCUT2D eigenvalue weighted by molar-refractivity contribution is 0.0720. The second-order valence-corrected chi connectivity index (χ2v) is 8.91. The molecule has 2 aromatic rings. The third kappa shape index (κ3) is 4.37. The zero-order valence-electron chi connectivity index (χ0n) is 15.2. The summed E-state index contributed by atoms with van der Waals surface area (Å²) in [5.41, 5.74) is 0.295. The number of amides is 1. The Balaban J connectivity index is 1.96. The number of rotatable bonds is 5. The number of para-hydroxylation sites is 1. The molecule has 1 aliphatic heterocycles. The fraction of sp³-hybridized carbons (Fsp3) is 0.316. The van der Waals surface area contributed by atoms with E-state index in [1.165, 1.54) is 37.4 Å². The van der Waals surface area contributed by atoms with Gasteiger partial charge in [0.05, 0.1) is 33.3 Å². The molecule has 9 heteroatoms. The molecule has 1 N–H and O–H groups in total. The fourth-order valence-electron chi connectivity index (χ4n) is 3.08. The van der Waals surface area contributed by atoms with Crippen molar-refractivity contribution in [2.75, 3.05) is 24.9 Å². The van der Waals surface area contributed by atoms with E-state index in [-0.39, 0.29) is 32.1 Å². The monoisotopic (exact) mass is 442 g/mol. The van der Waals surface area contributed by atoms with E-state index in [0.29, 0.717) is 18.8 Å². The number of carbonyl (C=O) groups is 1. The first kappa shape index (κ1) is 20.8. The van der Waals surface area contributed by atoms with Gasteiger partial charge in [0.2, 0.25) is 0 Å². The lowest BCUT2D eigenvalue weighted by atomic mass is 10.1. The van der Waals surface area contributed by atoms with Crippen LogP contribution in [0, 0.1) is 0 Å². The number of benzene rings is 2. The third-order valence-corrected chi connectivity index (χ3v) is 6.53. The molecule has 1 fully saturated rings. The van der Waals surface area contributed by atoms with Crippen LogP contribution in [0.3, 0.4) is 0 Å². The highest BCUT2D eigenvalue weighted by Crippen LogP contribution is 2.33. The Bertz CT molecular complexity index is 969. The Hall–Kier alpha value is -1.96. The van der Waals surface area contributed by atoms with Gasteiger partial charge in [-0.25, -0.2) is 8.42 Å². The molecule has 0 bridgehead atoms. The molecule has 0 aromatic heterocycles. The maximum Gasteiger partial charge on any atom is 0.262 e. The van der Waals surface area contributed by atoms with Crippen LogP contribution < -0.4 is 9.46 Å². The average Bonchev–Trinajstić information content (AvgIpc) is 2.70. The van der Waals surface area contributed by atoms with E-state index >= 15 is 0 Å². The normalized spacial score (nSPS) is 14.6. The lowest BCUT2D eigenvalue weighted by Crippen LogP contribution is -2.35. The van der Waals surface area contributed by atoms with Gasteiger partial charge in [-0.1, -0.05) is 29.3 Å². The van der Waals surface area contributed by atoms with Gasteiger partial charge in [0.1, 0.15) is 5.75 Å². The SMILES string of the molecule is COc1ccc(S(=O)(=O)Nc2c(Cl)cccc2Cl)cc1C(=O)N1CCCCC1. The van der Waals surface area contributed by atoms with E-state index in [9.17, 15) is 13.2 Å². The van der Waals surface area contributed by atoms with Gasteiger partial charge < -0.3 is 9.64 Å². The molecule has 1 amide bonds. The van der Waals surface area contributed by atoms with Crippen molar-refractivity contribution in [3.05, 3.63) is 52.0 Å². The van der Waals surface area contributed by atoms with E-state index in [1.54, 1.807) is 11.0 Å². The van der Waals surface area contributed by atoms with Crippen LogP contribution in [-0.4, -0.2) is 39.4 Å². The molecule has 0 unspecified atom stereocenters. The number of piperidine rings is 1. The van der Waals surface area contributed by atoms with Crippen LogP contribution in [0.15, 0.2) is 41.3 Å². The molecule has 0 spiro atoms. The van der Waals surface area contributed by atoms with Gasteiger partial charge in [0.25, 0.3) is 15.9 Å². The molecule has 0 aliphatic carbocycles. The number of methoxy groups -OCH3 is 1. The fourth-order valence-corrected chi connectivity index (χ4v) is 4.81. The van der Waals surface area contributed by atoms with Crippen LogP contribution in [0.2, 0.25) is 10.0 Å². The molecule has 0 radical (unpaired) electrons. The van der Waals surface area contributed by atoms with Crippen molar-refractivity contribution in [1.29, 1.82) is 0 Å². The minimum absolute atomic E-state index is 0.0790. The van der Waals surface area contributed by atoms with Crippen molar-refractivity contribution in [1.82, 2.24) is 4.90 Å². The number of hydrogen-bond donors (Lipinski definition) is 1. The van der Waals surface area contributed by atoms with E-state index in [0.717, 1.165) is 19.3 Å². The number of anilines is 1. The van der Waals surface area contributed by atoms with Gasteiger partial charge in [-0.2, -0.15) is 0 Å². The Morgan fingerprint density at radius 3 is 2.32 bits per heavy atom. The van der Waals surface area contributed by atoms with Crippen molar-refractivity contribution < 1.29 is 17.9 Å². The molecule has 6 nitrogen and oxygen atoms in total. The number of hydrogen-bond acceptors (Lipinski definition) is 4. The Morgan fingerprint density at radius 2 is 1.71 bits per heavy atom.